The van der Waals surface area contributed by atoms with E-state index < -0.39 is 0 Å². The first-order valence-electron chi connectivity index (χ1n) is 10.1. The molecule has 1 heterocycles. The molecular formula is C25H22N4O2S. The molecule has 7 heteroatoms. The van der Waals surface area contributed by atoms with Gasteiger partial charge < -0.3 is 10.1 Å². The number of aromatic nitrogens is 3. The second-order valence-electron chi connectivity index (χ2n) is 6.94. The average molecular weight is 443 g/mol. The Morgan fingerprint density at radius 2 is 1.47 bits per heavy atom. The van der Waals surface area contributed by atoms with Gasteiger partial charge in [-0.15, -0.1) is 10.2 Å². The number of benzene rings is 3. The van der Waals surface area contributed by atoms with Crippen molar-refractivity contribution >= 4 is 17.7 Å². The summed E-state index contributed by atoms with van der Waals surface area (Å²) in [7, 11) is 1.63. The van der Waals surface area contributed by atoms with Crippen LogP contribution in [0.3, 0.4) is 0 Å². The van der Waals surface area contributed by atoms with Crippen LogP contribution >= 0.6 is 11.8 Å². The molecule has 0 aliphatic heterocycles. The van der Waals surface area contributed by atoms with Gasteiger partial charge in [0.2, 0.25) is 11.1 Å². The highest BCUT2D eigenvalue weighted by Gasteiger charge is 2.14. The molecule has 0 radical (unpaired) electrons. The van der Waals surface area contributed by atoms with Crippen molar-refractivity contribution in [1.29, 1.82) is 0 Å². The highest BCUT2D eigenvalue weighted by atomic mass is 32.2. The first-order chi connectivity index (χ1) is 15.7. The van der Waals surface area contributed by atoms with E-state index in [1.54, 1.807) is 7.11 Å². The van der Waals surface area contributed by atoms with Crippen molar-refractivity contribution in [2.75, 3.05) is 12.9 Å². The molecule has 0 saturated carbocycles. The third-order valence-corrected chi connectivity index (χ3v) is 5.58. The third kappa shape index (κ3) is 5.50. The zero-order valence-corrected chi connectivity index (χ0v) is 18.4. The lowest BCUT2D eigenvalue weighted by atomic mass is 10.0. The molecule has 0 saturated heterocycles. The summed E-state index contributed by atoms with van der Waals surface area (Å²) in [5.74, 6) is 0.896. The number of nitrogens with one attached hydrogen (secondary N) is 1. The topological polar surface area (TPSA) is 77.0 Å². The van der Waals surface area contributed by atoms with Crippen LogP contribution in [0.5, 0.6) is 5.75 Å². The Labute approximate surface area is 191 Å². The van der Waals surface area contributed by atoms with E-state index in [1.807, 2.05) is 84.9 Å². The van der Waals surface area contributed by atoms with Crippen molar-refractivity contribution in [3.8, 4) is 28.3 Å². The molecule has 1 N–H and O–H groups in total. The predicted molar refractivity (Wildman–Crippen MR) is 126 cm³/mol. The largest absolute Gasteiger partial charge is 0.497 e. The first-order valence-corrected chi connectivity index (χ1v) is 11.1. The quantitative estimate of drug-likeness (QED) is 0.401. The molecule has 6 nitrogen and oxygen atoms in total. The monoisotopic (exact) mass is 442 g/mol. The van der Waals surface area contributed by atoms with Gasteiger partial charge in [0.25, 0.3) is 0 Å². The fraction of sp³-hybridized carbons (Fsp3) is 0.120. The summed E-state index contributed by atoms with van der Waals surface area (Å²) >= 11 is 1.27. The van der Waals surface area contributed by atoms with E-state index in [9.17, 15) is 4.79 Å². The van der Waals surface area contributed by atoms with E-state index in [1.165, 1.54) is 11.8 Å². The number of rotatable bonds is 8. The Morgan fingerprint density at radius 3 is 2.09 bits per heavy atom. The van der Waals surface area contributed by atoms with Crippen LogP contribution in [0.4, 0.5) is 0 Å². The van der Waals surface area contributed by atoms with Gasteiger partial charge in [-0.2, -0.15) is 0 Å². The summed E-state index contributed by atoms with van der Waals surface area (Å²) in [5, 5.41) is 12.1. The van der Waals surface area contributed by atoms with Gasteiger partial charge in [-0.3, -0.25) is 4.79 Å². The van der Waals surface area contributed by atoms with Gasteiger partial charge in [-0.25, -0.2) is 4.98 Å². The van der Waals surface area contributed by atoms with Crippen LogP contribution in [-0.4, -0.2) is 34.0 Å². The predicted octanol–water partition coefficient (Wildman–Crippen LogP) is 4.62. The SMILES string of the molecule is COc1ccc(CNC(=O)CSc2nnc(-c3ccccc3)c(-c3ccccc3)n2)cc1. The molecule has 1 aromatic heterocycles. The molecule has 0 spiro atoms. The van der Waals surface area contributed by atoms with Crippen LogP contribution < -0.4 is 10.1 Å². The van der Waals surface area contributed by atoms with E-state index in [0.29, 0.717) is 17.4 Å². The number of ether oxygens (including phenoxy) is 1. The average Bonchev–Trinajstić information content (AvgIpc) is 2.87. The van der Waals surface area contributed by atoms with Gasteiger partial charge in [-0.05, 0) is 17.7 Å². The molecule has 3 aromatic carbocycles. The Bertz CT molecular complexity index is 1170. The van der Waals surface area contributed by atoms with Gasteiger partial charge in [0.15, 0.2) is 0 Å². The van der Waals surface area contributed by atoms with Gasteiger partial charge in [0.05, 0.1) is 12.9 Å². The standard InChI is InChI=1S/C25H22N4O2S/c1-31-21-14-12-18(13-15-21)16-26-22(30)17-32-25-27-23(19-8-4-2-5-9-19)24(28-29-25)20-10-6-3-7-11-20/h2-15H,16-17H2,1H3,(H,26,30). The lowest BCUT2D eigenvalue weighted by molar-refractivity contribution is -0.118. The van der Waals surface area contributed by atoms with Crippen LogP contribution in [-0.2, 0) is 11.3 Å². The third-order valence-electron chi connectivity index (χ3n) is 4.74. The Kier molecular flexibility index (Phi) is 7.09. The second kappa shape index (κ2) is 10.5. The van der Waals surface area contributed by atoms with Gasteiger partial charge in [0.1, 0.15) is 17.1 Å². The van der Waals surface area contributed by atoms with Crippen LogP contribution in [0.1, 0.15) is 5.56 Å². The molecule has 0 aliphatic rings. The number of methoxy groups -OCH3 is 1. The maximum atomic E-state index is 12.3. The molecule has 0 aliphatic carbocycles. The number of nitrogens with zero attached hydrogens (tertiary/aromatic N) is 3. The number of carbonyl (C=O) groups excluding carboxylic acids is 1. The molecule has 4 aromatic rings. The number of hydrogen-bond acceptors (Lipinski definition) is 6. The molecule has 0 atom stereocenters. The lowest BCUT2D eigenvalue weighted by Gasteiger charge is -2.09. The van der Waals surface area contributed by atoms with Gasteiger partial charge in [-0.1, -0.05) is 84.6 Å². The molecule has 32 heavy (non-hydrogen) atoms. The van der Waals surface area contributed by atoms with Crippen LogP contribution in [0.25, 0.3) is 22.5 Å². The summed E-state index contributed by atoms with van der Waals surface area (Å²) < 4.78 is 5.15. The van der Waals surface area contributed by atoms with Crippen LogP contribution in [0, 0.1) is 0 Å². The number of hydrogen-bond donors (Lipinski definition) is 1. The molecule has 0 fully saturated rings. The van der Waals surface area contributed by atoms with Crippen LogP contribution in [0.15, 0.2) is 90.1 Å². The summed E-state index contributed by atoms with van der Waals surface area (Å²) in [6.07, 6.45) is 0. The Hall–Kier alpha value is -3.71. The molecule has 0 unspecified atom stereocenters. The second-order valence-corrected chi connectivity index (χ2v) is 7.88. The minimum atomic E-state index is -0.0946. The first kappa shape index (κ1) is 21.5. The fourth-order valence-corrected chi connectivity index (χ4v) is 3.70. The maximum Gasteiger partial charge on any atom is 0.230 e. The van der Waals surface area contributed by atoms with Gasteiger partial charge >= 0.3 is 0 Å². The molecule has 4 rings (SSSR count). The normalized spacial score (nSPS) is 10.5. The molecule has 1 amide bonds. The van der Waals surface area contributed by atoms with Crippen molar-refractivity contribution in [3.05, 3.63) is 90.5 Å². The summed E-state index contributed by atoms with van der Waals surface area (Å²) in [6, 6.07) is 27.3. The summed E-state index contributed by atoms with van der Waals surface area (Å²) in [6.45, 7) is 0.449. The van der Waals surface area contributed by atoms with E-state index in [4.69, 9.17) is 9.72 Å². The number of thioether (sulfide) groups is 1. The Balaban J connectivity index is 1.45. The van der Waals surface area contributed by atoms with Crippen molar-refractivity contribution in [2.45, 2.75) is 11.7 Å². The van der Waals surface area contributed by atoms with Crippen molar-refractivity contribution < 1.29 is 9.53 Å². The van der Waals surface area contributed by atoms with Crippen molar-refractivity contribution in [3.63, 3.8) is 0 Å². The van der Waals surface area contributed by atoms with E-state index in [2.05, 4.69) is 15.5 Å². The number of carbonyl (C=O) groups is 1. The minimum absolute atomic E-state index is 0.0946. The molecular weight excluding hydrogens is 420 g/mol. The fourth-order valence-electron chi connectivity index (χ4n) is 3.09. The van der Waals surface area contributed by atoms with Gasteiger partial charge in [0, 0.05) is 17.7 Å². The van der Waals surface area contributed by atoms with E-state index >= 15 is 0 Å². The zero-order chi connectivity index (χ0) is 22.2. The summed E-state index contributed by atoms with van der Waals surface area (Å²) in [5.41, 5.74) is 4.35. The van der Waals surface area contributed by atoms with E-state index in [-0.39, 0.29) is 11.7 Å². The van der Waals surface area contributed by atoms with Crippen molar-refractivity contribution in [1.82, 2.24) is 20.5 Å². The number of amides is 1. The smallest absolute Gasteiger partial charge is 0.230 e. The molecule has 160 valence electrons. The lowest BCUT2D eigenvalue weighted by Crippen LogP contribution is -2.24. The maximum absolute atomic E-state index is 12.3. The van der Waals surface area contributed by atoms with Crippen molar-refractivity contribution in [2.24, 2.45) is 0 Å². The summed E-state index contributed by atoms with van der Waals surface area (Å²) in [4.78, 5) is 17.0. The van der Waals surface area contributed by atoms with Crippen LogP contribution in [0.2, 0.25) is 0 Å². The zero-order valence-electron chi connectivity index (χ0n) is 17.6. The molecule has 0 bridgehead atoms. The van der Waals surface area contributed by atoms with E-state index in [0.717, 1.165) is 28.1 Å². The Morgan fingerprint density at radius 1 is 0.844 bits per heavy atom. The highest BCUT2D eigenvalue weighted by Crippen LogP contribution is 2.29. The minimum Gasteiger partial charge on any atom is -0.497 e. The highest BCUT2D eigenvalue weighted by molar-refractivity contribution is 7.99.